The molecule has 5 aromatic rings. The smallest absolute Gasteiger partial charge is 0.240 e. The van der Waals surface area contributed by atoms with Gasteiger partial charge in [-0.25, -0.2) is 32.5 Å². The molecule has 5 rings (SSSR count). The van der Waals surface area contributed by atoms with Crippen molar-refractivity contribution in [2.24, 2.45) is 0 Å². The van der Waals surface area contributed by atoms with E-state index >= 15 is 0 Å². The van der Waals surface area contributed by atoms with Gasteiger partial charge in [-0.05, 0) is 42.8 Å². The average Bonchev–Trinajstić information content (AvgIpc) is 3.41. The number of aromatic nitrogens is 4. The molecule has 0 unspecified atom stereocenters. The van der Waals surface area contributed by atoms with Gasteiger partial charge in [0, 0.05) is 30.4 Å². The Labute approximate surface area is 224 Å². The van der Waals surface area contributed by atoms with Gasteiger partial charge in [-0.3, -0.25) is 0 Å². The van der Waals surface area contributed by atoms with Crippen LogP contribution in [0.25, 0.3) is 34.0 Å². The van der Waals surface area contributed by atoms with Crippen molar-refractivity contribution >= 4 is 16.0 Å². The fraction of sp³-hybridized carbons (Fsp3) is 0.107. The molecule has 0 aliphatic heterocycles. The van der Waals surface area contributed by atoms with Crippen LogP contribution in [0.2, 0.25) is 0 Å². The van der Waals surface area contributed by atoms with Crippen LogP contribution in [0.3, 0.4) is 0 Å². The number of nitrogens with zero attached hydrogens (tertiary/aromatic N) is 3. The van der Waals surface area contributed by atoms with E-state index in [-0.39, 0.29) is 11.4 Å². The zero-order chi connectivity index (χ0) is 27.2. The van der Waals surface area contributed by atoms with Crippen LogP contribution in [0.5, 0.6) is 5.75 Å². The summed E-state index contributed by atoms with van der Waals surface area (Å²) in [4.78, 5) is 17.1. The van der Waals surface area contributed by atoms with Crippen LogP contribution in [0.1, 0.15) is 6.42 Å². The maximum atomic E-state index is 13.7. The fourth-order valence-corrected chi connectivity index (χ4v) is 5.02. The fourth-order valence-electron chi connectivity index (χ4n) is 3.92. The van der Waals surface area contributed by atoms with E-state index in [2.05, 4.69) is 25.0 Å². The first-order chi connectivity index (χ1) is 18.9. The third kappa shape index (κ3) is 6.11. The highest BCUT2D eigenvalue weighted by Gasteiger charge is 2.18. The molecule has 0 aliphatic carbocycles. The highest BCUT2D eigenvalue weighted by Crippen LogP contribution is 2.34. The Morgan fingerprint density at radius 3 is 2.36 bits per heavy atom. The van der Waals surface area contributed by atoms with E-state index in [0.29, 0.717) is 47.4 Å². The van der Waals surface area contributed by atoms with Crippen molar-refractivity contribution in [3.05, 3.63) is 96.9 Å². The maximum Gasteiger partial charge on any atom is 0.240 e. The number of nitrogens with one attached hydrogen (secondary N) is 3. The number of aromatic amines is 1. The molecule has 0 spiro atoms. The van der Waals surface area contributed by atoms with Gasteiger partial charge in [-0.2, -0.15) is 0 Å². The second-order valence-corrected chi connectivity index (χ2v) is 10.4. The lowest BCUT2D eigenvalue weighted by Crippen LogP contribution is -2.26. The number of aromatic hydroxyl groups is 1. The minimum absolute atomic E-state index is 0.216. The Balaban J connectivity index is 1.33. The second-order valence-electron chi connectivity index (χ2n) is 8.60. The number of hydrogen-bond donors (Lipinski definition) is 4. The SMILES string of the molecule is O=S(=O)(NCCCNc1nccc(-c2[nH]c(-c3ccccc3)nc2-c2ccc(F)c(O)c2)n1)c1ccccc1. The van der Waals surface area contributed by atoms with E-state index in [4.69, 9.17) is 4.98 Å². The lowest BCUT2D eigenvalue weighted by atomic mass is 10.1. The predicted molar refractivity (Wildman–Crippen MR) is 147 cm³/mol. The molecule has 198 valence electrons. The minimum Gasteiger partial charge on any atom is -0.505 e. The summed E-state index contributed by atoms with van der Waals surface area (Å²) < 4.78 is 41.0. The van der Waals surface area contributed by atoms with Crippen LogP contribution >= 0.6 is 0 Å². The molecule has 0 aliphatic rings. The van der Waals surface area contributed by atoms with E-state index in [9.17, 15) is 17.9 Å². The Hall–Kier alpha value is -4.61. The first-order valence-corrected chi connectivity index (χ1v) is 13.7. The van der Waals surface area contributed by atoms with Crippen LogP contribution in [0.4, 0.5) is 10.3 Å². The molecule has 0 saturated carbocycles. The zero-order valence-electron chi connectivity index (χ0n) is 20.7. The predicted octanol–water partition coefficient (Wildman–Crippen LogP) is 4.83. The third-order valence-electron chi connectivity index (χ3n) is 5.86. The van der Waals surface area contributed by atoms with E-state index in [1.54, 1.807) is 48.7 Å². The van der Waals surface area contributed by atoms with Gasteiger partial charge < -0.3 is 15.4 Å². The first kappa shape index (κ1) is 26.0. The van der Waals surface area contributed by atoms with E-state index in [1.807, 2.05) is 30.3 Å². The molecule has 0 atom stereocenters. The Morgan fingerprint density at radius 1 is 0.872 bits per heavy atom. The van der Waals surface area contributed by atoms with Crippen LogP contribution in [-0.4, -0.2) is 46.5 Å². The third-order valence-corrected chi connectivity index (χ3v) is 7.34. The number of imidazole rings is 1. The Kier molecular flexibility index (Phi) is 7.62. The van der Waals surface area contributed by atoms with E-state index in [0.717, 1.165) is 5.56 Å². The Morgan fingerprint density at radius 2 is 1.62 bits per heavy atom. The molecule has 0 radical (unpaired) electrons. The molecule has 0 amide bonds. The van der Waals surface area contributed by atoms with Gasteiger partial charge in [0.25, 0.3) is 0 Å². The number of benzene rings is 3. The van der Waals surface area contributed by atoms with Crippen molar-refractivity contribution in [1.29, 1.82) is 0 Å². The van der Waals surface area contributed by atoms with E-state index in [1.165, 1.54) is 12.1 Å². The minimum atomic E-state index is -3.57. The zero-order valence-corrected chi connectivity index (χ0v) is 21.5. The van der Waals surface area contributed by atoms with Crippen molar-refractivity contribution in [3.8, 4) is 39.8 Å². The van der Waals surface area contributed by atoms with Crippen molar-refractivity contribution in [2.45, 2.75) is 11.3 Å². The lowest BCUT2D eigenvalue weighted by molar-refractivity contribution is 0.432. The van der Waals surface area contributed by atoms with Crippen molar-refractivity contribution in [3.63, 3.8) is 0 Å². The highest BCUT2D eigenvalue weighted by molar-refractivity contribution is 7.89. The van der Waals surface area contributed by atoms with Crippen molar-refractivity contribution in [1.82, 2.24) is 24.7 Å². The van der Waals surface area contributed by atoms with Gasteiger partial charge in [0.05, 0.1) is 22.0 Å². The standard InChI is InChI=1S/C28H25FN6O3S/c29-22-13-12-20(18-24(22)36)25-26(35-27(34-25)19-8-3-1-4-9-19)23-14-17-31-28(33-23)30-15-7-16-32-39(37,38)21-10-5-2-6-11-21/h1-6,8-14,17-18,32,36H,7,15-16H2,(H,34,35)(H,30,31,33). The number of halogens is 1. The number of rotatable bonds is 10. The van der Waals surface area contributed by atoms with Gasteiger partial charge in [-0.1, -0.05) is 48.5 Å². The number of anilines is 1. The van der Waals surface area contributed by atoms with Crippen LogP contribution in [0, 0.1) is 5.82 Å². The van der Waals surface area contributed by atoms with Gasteiger partial charge in [-0.15, -0.1) is 0 Å². The molecule has 0 saturated heterocycles. The molecule has 9 nitrogen and oxygen atoms in total. The number of hydrogen-bond acceptors (Lipinski definition) is 7. The summed E-state index contributed by atoms with van der Waals surface area (Å²) in [5.41, 5.74) is 2.96. The second kappa shape index (κ2) is 11.4. The number of phenolic OH excluding ortho intramolecular Hbond substituents is 1. The molecule has 2 heterocycles. The topological polar surface area (TPSA) is 133 Å². The summed E-state index contributed by atoms with van der Waals surface area (Å²) >= 11 is 0. The summed E-state index contributed by atoms with van der Waals surface area (Å²) in [5.74, 6) is -0.264. The molecular formula is C28H25FN6O3S. The van der Waals surface area contributed by atoms with Crippen LogP contribution < -0.4 is 10.0 Å². The molecule has 39 heavy (non-hydrogen) atoms. The highest BCUT2D eigenvalue weighted by atomic mass is 32.2. The maximum absolute atomic E-state index is 13.7. The summed E-state index contributed by atoms with van der Waals surface area (Å²) in [6.45, 7) is 0.667. The van der Waals surface area contributed by atoms with Gasteiger partial charge in [0.1, 0.15) is 5.82 Å². The summed E-state index contributed by atoms with van der Waals surface area (Å²) in [7, 11) is -3.57. The van der Waals surface area contributed by atoms with Crippen molar-refractivity contribution in [2.75, 3.05) is 18.4 Å². The monoisotopic (exact) mass is 544 g/mol. The van der Waals surface area contributed by atoms with E-state index < -0.39 is 21.6 Å². The summed E-state index contributed by atoms with van der Waals surface area (Å²) in [6.07, 6.45) is 2.10. The molecule has 4 N–H and O–H groups in total. The van der Waals surface area contributed by atoms with Gasteiger partial charge in [0.15, 0.2) is 11.6 Å². The summed E-state index contributed by atoms with van der Waals surface area (Å²) in [5, 5.41) is 13.1. The number of sulfonamides is 1. The first-order valence-electron chi connectivity index (χ1n) is 12.2. The molecular weight excluding hydrogens is 519 g/mol. The average molecular weight is 545 g/mol. The quantitative estimate of drug-likeness (QED) is 0.185. The Bertz CT molecular complexity index is 1680. The molecule has 11 heteroatoms. The van der Waals surface area contributed by atoms with Gasteiger partial charge >= 0.3 is 0 Å². The summed E-state index contributed by atoms with van der Waals surface area (Å²) in [6, 6.07) is 23.5. The van der Waals surface area contributed by atoms with Gasteiger partial charge in [0.2, 0.25) is 16.0 Å². The number of phenols is 1. The largest absolute Gasteiger partial charge is 0.505 e. The number of H-pyrrole nitrogens is 1. The molecule has 0 fully saturated rings. The molecule has 2 aromatic heterocycles. The molecule has 0 bridgehead atoms. The normalized spacial score (nSPS) is 11.4. The molecule has 3 aromatic carbocycles. The van der Waals surface area contributed by atoms with Crippen LogP contribution in [-0.2, 0) is 10.0 Å². The van der Waals surface area contributed by atoms with Crippen molar-refractivity contribution < 1.29 is 17.9 Å². The lowest BCUT2D eigenvalue weighted by Gasteiger charge is -2.09. The van der Waals surface area contributed by atoms with Crippen LogP contribution in [0.15, 0.2) is 96.0 Å².